The summed E-state index contributed by atoms with van der Waals surface area (Å²) >= 11 is 3.90. The highest BCUT2D eigenvalue weighted by Crippen LogP contribution is 2.26. The second-order valence-electron chi connectivity index (χ2n) is 4.03. The largest absolute Gasteiger partial charge is 0.244 e. The van der Waals surface area contributed by atoms with E-state index in [9.17, 15) is 8.42 Å². The molecule has 12 heavy (non-hydrogen) atoms. The van der Waals surface area contributed by atoms with Gasteiger partial charge in [-0.25, -0.2) is 8.42 Å². The van der Waals surface area contributed by atoms with Crippen LogP contribution in [0.4, 0.5) is 0 Å². The number of hydrogen-bond acceptors (Lipinski definition) is 3. The van der Waals surface area contributed by atoms with Crippen molar-refractivity contribution >= 4 is 32.4 Å². The fourth-order valence-corrected chi connectivity index (χ4v) is 1.49. The number of halogens is 1. The van der Waals surface area contributed by atoms with Gasteiger partial charge in [-0.2, -0.15) is 12.6 Å². The number of hydrogen-bond donors (Lipinski definition) is 1. The van der Waals surface area contributed by atoms with Crippen LogP contribution in [-0.4, -0.2) is 13.0 Å². The zero-order valence-corrected chi connectivity index (χ0v) is 10.0. The van der Waals surface area contributed by atoms with Gasteiger partial charge in [0, 0.05) is 10.7 Å². The van der Waals surface area contributed by atoms with Crippen molar-refractivity contribution in [3.8, 4) is 0 Å². The van der Waals surface area contributed by atoms with Gasteiger partial charge in [0.1, 0.15) is 4.58 Å². The monoisotopic (exact) mass is 230 g/mol. The molecule has 0 saturated carbocycles. The first-order valence-electron chi connectivity index (χ1n) is 3.74. The lowest BCUT2D eigenvalue weighted by atomic mass is 9.91. The average molecular weight is 231 g/mol. The molecule has 0 aromatic carbocycles. The summed E-state index contributed by atoms with van der Waals surface area (Å²) in [6.45, 7) is 6.15. The molecular weight excluding hydrogens is 216 g/mol. The summed E-state index contributed by atoms with van der Waals surface area (Å²) in [5.74, 6) is 0. The molecule has 1 atom stereocenters. The van der Waals surface area contributed by atoms with Crippen LogP contribution in [0.5, 0.6) is 0 Å². The predicted octanol–water partition coefficient (Wildman–Crippen LogP) is 2.64. The molecule has 1 unspecified atom stereocenters. The molecule has 0 N–H and O–H groups in total. The van der Waals surface area contributed by atoms with Crippen LogP contribution in [0.1, 0.15) is 33.6 Å². The molecule has 0 aliphatic carbocycles. The van der Waals surface area contributed by atoms with E-state index in [2.05, 4.69) is 12.6 Å². The van der Waals surface area contributed by atoms with Crippen molar-refractivity contribution in [2.24, 2.45) is 5.41 Å². The zero-order valence-electron chi connectivity index (χ0n) is 7.54. The third kappa shape index (κ3) is 6.14. The van der Waals surface area contributed by atoms with Gasteiger partial charge in [-0.3, -0.25) is 0 Å². The molecule has 74 valence electrons. The highest BCUT2D eigenvalue weighted by atomic mass is 35.7. The fourth-order valence-electron chi connectivity index (χ4n) is 0.697. The predicted molar refractivity (Wildman–Crippen MR) is 56.2 cm³/mol. The van der Waals surface area contributed by atoms with Gasteiger partial charge in [-0.15, -0.1) is 0 Å². The fraction of sp³-hybridized carbons (Fsp3) is 1.00. The Bertz CT molecular complexity index is 228. The summed E-state index contributed by atoms with van der Waals surface area (Å²) in [7, 11) is 1.62. The topological polar surface area (TPSA) is 34.1 Å². The Hall–Kier alpha value is 0.590. The van der Waals surface area contributed by atoms with Crippen molar-refractivity contribution in [2.75, 3.05) is 0 Å². The summed E-state index contributed by atoms with van der Waals surface area (Å²) < 4.78 is 20.7. The maximum Gasteiger partial charge on any atom is 0.244 e. The van der Waals surface area contributed by atoms with Gasteiger partial charge < -0.3 is 0 Å². The molecule has 0 amide bonds. The SMILES string of the molecule is CC(C)(C)CCC(S)S(=O)(=O)Cl. The highest BCUT2D eigenvalue weighted by molar-refractivity contribution is 8.20. The standard InChI is InChI=1S/C7H15ClO2S2/c1-7(2,3)5-4-6(11)12(8,9)10/h6,11H,4-5H2,1-3H3. The van der Waals surface area contributed by atoms with Crippen molar-refractivity contribution in [1.82, 2.24) is 0 Å². The molecule has 0 rings (SSSR count). The smallest absolute Gasteiger partial charge is 0.211 e. The molecule has 0 heterocycles. The zero-order chi connectivity index (χ0) is 9.99. The third-order valence-electron chi connectivity index (χ3n) is 1.47. The molecule has 2 nitrogen and oxygen atoms in total. The maximum atomic E-state index is 10.7. The van der Waals surface area contributed by atoms with E-state index in [0.717, 1.165) is 6.42 Å². The van der Waals surface area contributed by atoms with E-state index in [1.165, 1.54) is 0 Å². The second kappa shape index (κ2) is 4.20. The summed E-state index contributed by atoms with van der Waals surface area (Å²) in [5.41, 5.74) is 0.128. The average Bonchev–Trinajstić information content (AvgIpc) is 1.78. The minimum Gasteiger partial charge on any atom is -0.211 e. The molecule has 5 heteroatoms. The van der Waals surface area contributed by atoms with Crippen LogP contribution in [0.25, 0.3) is 0 Å². The van der Waals surface area contributed by atoms with E-state index in [4.69, 9.17) is 10.7 Å². The number of rotatable bonds is 3. The Morgan fingerprint density at radius 3 is 2.08 bits per heavy atom. The summed E-state index contributed by atoms with van der Waals surface area (Å²) in [4.78, 5) is 0. The Balaban J connectivity index is 3.98. The highest BCUT2D eigenvalue weighted by Gasteiger charge is 2.21. The molecule has 0 aromatic rings. The molecule has 0 spiro atoms. The first-order valence-corrected chi connectivity index (χ1v) is 6.63. The van der Waals surface area contributed by atoms with Gasteiger partial charge in [0.25, 0.3) is 0 Å². The Morgan fingerprint density at radius 1 is 1.42 bits per heavy atom. The molecular formula is C7H15ClO2S2. The molecule has 0 radical (unpaired) electrons. The van der Waals surface area contributed by atoms with Crippen LogP contribution in [0.15, 0.2) is 0 Å². The van der Waals surface area contributed by atoms with E-state index in [1.54, 1.807) is 0 Å². The minimum atomic E-state index is -3.49. The molecule has 0 fully saturated rings. The van der Waals surface area contributed by atoms with Crippen molar-refractivity contribution in [3.63, 3.8) is 0 Å². The first kappa shape index (κ1) is 12.6. The molecule has 0 aromatic heterocycles. The number of thiol groups is 1. The lowest BCUT2D eigenvalue weighted by molar-refractivity contribution is 0.371. The Kier molecular flexibility index (Phi) is 4.41. The molecule has 0 saturated heterocycles. The van der Waals surface area contributed by atoms with Gasteiger partial charge in [0.05, 0.1) is 0 Å². The van der Waals surface area contributed by atoms with Crippen LogP contribution in [0.2, 0.25) is 0 Å². The van der Waals surface area contributed by atoms with Gasteiger partial charge >= 0.3 is 0 Å². The van der Waals surface area contributed by atoms with Gasteiger partial charge in [-0.05, 0) is 18.3 Å². The summed E-state index contributed by atoms with van der Waals surface area (Å²) in [6.07, 6.45) is 1.30. The third-order valence-corrected chi connectivity index (χ3v) is 4.46. The van der Waals surface area contributed by atoms with Gasteiger partial charge in [0.15, 0.2) is 0 Å². The summed E-state index contributed by atoms with van der Waals surface area (Å²) in [5, 5.41) is 0. The molecule has 0 aliphatic rings. The van der Waals surface area contributed by atoms with E-state index in [-0.39, 0.29) is 5.41 Å². The Labute approximate surface area is 84.5 Å². The second-order valence-corrected chi connectivity index (χ2v) is 7.81. The van der Waals surface area contributed by atoms with Crippen molar-refractivity contribution in [3.05, 3.63) is 0 Å². The van der Waals surface area contributed by atoms with Gasteiger partial charge in [0.2, 0.25) is 9.05 Å². The normalized spacial score (nSPS) is 16.1. The van der Waals surface area contributed by atoms with Crippen LogP contribution in [-0.2, 0) is 9.05 Å². The van der Waals surface area contributed by atoms with Crippen LogP contribution < -0.4 is 0 Å². The van der Waals surface area contributed by atoms with Crippen molar-refractivity contribution < 1.29 is 8.42 Å². The van der Waals surface area contributed by atoms with Gasteiger partial charge in [-0.1, -0.05) is 20.8 Å². The van der Waals surface area contributed by atoms with E-state index in [0.29, 0.717) is 6.42 Å². The van der Waals surface area contributed by atoms with Crippen molar-refractivity contribution in [2.45, 2.75) is 38.2 Å². The Morgan fingerprint density at radius 2 is 1.83 bits per heavy atom. The maximum absolute atomic E-state index is 10.7. The molecule has 0 bridgehead atoms. The quantitative estimate of drug-likeness (QED) is 0.598. The molecule has 0 aliphatic heterocycles. The van der Waals surface area contributed by atoms with E-state index in [1.807, 2.05) is 20.8 Å². The van der Waals surface area contributed by atoms with E-state index < -0.39 is 13.6 Å². The van der Waals surface area contributed by atoms with Crippen molar-refractivity contribution in [1.29, 1.82) is 0 Å². The van der Waals surface area contributed by atoms with Crippen LogP contribution in [0.3, 0.4) is 0 Å². The van der Waals surface area contributed by atoms with E-state index >= 15 is 0 Å². The lowest BCUT2D eigenvalue weighted by Crippen LogP contribution is -2.13. The van der Waals surface area contributed by atoms with Crippen LogP contribution >= 0.6 is 23.3 Å². The first-order chi connectivity index (χ1) is 5.13. The summed E-state index contributed by atoms with van der Waals surface area (Å²) in [6, 6.07) is 0. The minimum absolute atomic E-state index is 0.128. The lowest BCUT2D eigenvalue weighted by Gasteiger charge is -2.18. The van der Waals surface area contributed by atoms with Crippen LogP contribution in [0, 0.1) is 5.41 Å².